The quantitative estimate of drug-likeness (QED) is 0.913. The third-order valence-electron chi connectivity index (χ3n) is 3.63. The molecule has 6 nitrogen and oxygen atoms in total. The summed E-state index contributed by atoms with van der Waals surface area (Å²) in [5, 5.41) is 0. The Kier molecular flexibility index (Phi) is 3.83. The van der Waals surface area contributed by atoms with Crippen LogP contribution in [0.5, 0.6) is 0 Å². The highest BCUT2D eigenvalue weighted by atomic mass is 32.1. The maximum Gasteiger partial charge on any atom is 0.265 e. The first kappa shape index (κ1) is 13.9. The molecule has 21 heavy (non-hydrogen) atoms. The van der Waals surface area contributed by atoms with E-state index >= 15 is 0 Å². The van der Waals surface area contributed by atoms with E-state index in [0.717, 1.165) is 19.4 Å². The van der Waals surface area contributed by atoms with Crippen LogP contribution in [-0.2, 0) is 0 Å². The van der Waals surface area contributed by atoms with Crippen LogP contribution in [0.15, 0.2) is 22.6 Å². The van der Waals surface area contributed by atoms with Crippen molar-refractivity contribution in [1.82, 2.24) is 19.9 Å². The summed E-state index contributed by atoms with van der Waals surface area (Å²) in [7, 11) is 0. The van der Waals surface area contributed by atoms with Crippen molar-refractivity contribution >= 4 is 17.2 Å². The van der Waals surface area contributed by atoms with Gasteiger partial charge in [-0.05, 0) is 19.8 Å². The van der Waals surface area contributed by atoms with Gasteiger partial charge in [-0.1, -0.05) is 0 Å². The van der Waals surface area contributed by atoms with Crippen LogP contribution in [0, 0.1) is 6.92 Å². The Morgan fingerprint density at radius 3 is 3.10 bits per heavy atom. The van der Waals surface area contributed by atoms with E-state index in [9.17, 15) is 9.59 Å². The number of aryl methyl sites for hydroxylation is 1. The second-order valence-corrected chi connectivity index (χ2v) is 6.11. The molecule has 0 bridgehead atoms. The highest BCUT2D eigenvalue weighted by Crippen LogP contribution is 2.25. The zero-order valence-corrected chi connectivity index (χ0v) is 12.5. The summed E-state index contributed by atoms with van der Waals surface area (Å²) in [6.45, 7) is 3.13. The van der Waals surface area contributed by atoms with Gasteiger partial charge in [0.1, 0.15) is 10.7 Å². The van der Waals surface area contributed by atoms with E-state index in [1.807, 2.05) is 11.8 Å². The van der Waals surface area contributed by atoms with Crippen LogP contribution in [0.3, 0.4) is 0 Å². The molecule has 1 amide bonds. The molecule has 0 aromatic carbocycles. The number of likely N-dealkylation sites (tertiary alicyclic amines) is 1. The van der Waals surface area contributed by atoms with Gasteiger partial charge in [0.15, 0.2) is 0 Å². The number of carbonyl (C=O) groups excluding carboxylic acids is 1. The van der Waals surface area contributed by atoms with Crippen molar-refractivity contribution in [3.63, 3.8) is 0 Å². The molecule has 2 aromatic rings. The lowest BCUT2D eigenvalue weighted by Crippen LogP contribution is -2.39. The second-order valence-electron chi connectivity index (χ2n) is 5.23. The van der Waals surface area contributed by atoms with Gasteiger partial charge in [0.2, 0.25) is 0 Å². The first-order valence-electron chi connectivity index (χ1n) is 6.89. The molecular formula is C14H16N4O2S. The molecule has 0 saturated carbocycles. The first-order valence-corrected chi connectivity index (χ1v) is 7.77. The van der Waals surface area contributed by atoms with Gasteiger partial charge in [-0.3, -0.25) is 14.6 Å². The number of H-pyrrole nitrogens is 1. The maximum absolute atomic E-state index is 12.4. The molecule has 1 fully saturated rings. The molecule has 7 heteroatoms. The Balaban J connectivity index is 1.79. The van der Waals surface area contributed by atoms with E-state index in [1.54, 1.807) is 11.7 Å². The third kappa shape index (κ3) is 3.02. The van der Waals surface area contributed by atoms with Gasteiger partial charge in [-0.2, -0.15) is 0 Å². The fourth-order valence-corrected chi connectivity index (χ4v) is 3.24. The van der Waals surface area contributed by atoms with Crippen molar-refractivity contribution in [2.75, 3.05) is 13.1 Å². The minimum Gasteiger partial charge on any atom is -0.337 e. The molecule has 1 atom stereocenters. The van der Waals surface area contributed by atoms with E-state index in [0.29, 0.717) is 22.9 Å². The Morgan fingerprint density at radius 1 is 1.52 bits per heavy atom. The average Bonchev–Trinajstić information content (AvgIpc) is 3.00. The zero-order chi connectivity index (χ0) is 14.8. The minimum atomic E-state index is -0.136. The maximum atomic E-state index is 12.4. The van der Waals surface area contributed by atoms with Gasteiger partial charge in [-0.15, -0.1) is 11.3 Å². The van der Waals surface area contributed by atoms with Gasteiger partial charge in [0.25, 0.3) is 11.5 Å². The van der Waals surface area contributed by atoms with Crippen molar-refractivity contribution < 1.29 is 4.79 Å². The summed E-state index contributed by atoms with van der Waals surface area (Å²) in [5.41, 5.74) is 2.23. The number of aromatic amines is 1. The number of aromatic nitrogens is 3. The number of piperidine rings is 1. The number of nitrogens with one attached hydrogen (secondary N) is 1. The Labute approximate surface area is 125 Å². The SMILES string of the molecule is Cc1cc(=O)[nH]c(C2CCCN(C(=O)c3cncs3)C2)n1. The van der Waals surface area contributed by atoms with Crippen LogP contribution in [0.4, 0.5) is 0 Å². The number of amides is 1. The highest BCUT2D eigenvalue weighted by Gasteiger charge is 2.27. The number of carbonyl (C=O) groups is 1. The monoisotopic (exact) mass is 304 g/mol. The van der Waals surface area contributed by atoms with Gasteiger partial charge in [0.05, 0.1) is 11.7 Å². The van der Waals surface area contributed by atoms with Crippen molar-refractivity contribution in [3.05, 3.63) is 44.5 Å². The number of thiazole rings is 1. The molecule has 1 unspecified atom stereocenters. The van der Waals surface area contributed by atoms with Crippen molar-refractivity contribution in [3.8, 4) is 0 Å². The molecule has 1 saturated heterocycles. The van der Waals surface area contributed by atoms with Gasteiger partial charge >= 0.3 is 0 Å². The molecule has 2 aromatic heterocycles. The van der Waals surface area contributed by atoms with Crippen LogP contribution in [0.2, 0.25) is 0 Å². The first-order chi connectivity index (χ1) is 10.1. The summed E-state index contributed by atoms with van der Waals surface area (Å²) in [6.07, 6.45) is 3.44. The molecule has 1 N–H and O–H groups in total. The molecule has 3 heterocycles. The predicted octanol–water partition coefficient (Wildman–Crippen LogP) is 1.55. The number of nitrogens with zero attached hydrogens (tertiary/aromatic N) is 3. The summed E-state index contributed by atoms with van der Waals surface area (Å²) in [4.78, 5) is 37.6. The third-order valence-corrected chi connectivity index (χ3v) is 4.39. The Hall–Kier alpha value is -2.02. The molecule has 3 rings (SSSR count). The van der Waals surface area contributed by atoms with Crippen LogP contribution < -0.4 is 5.56 Å². The predicted molar refractivity (Wildman–Crippen MR) is 79.6 cm³/mol. The summed E-state index contributed by atoms with van der Waals surface area (Å²) in [5.74, 6) is 0.780. The fourth-order valence-electron chi connectivity index (χ4n) is 2.66. The Morgan fingerprint density at radius 2 is 2.38 bits per heavy atom. The lowest BCUT2D eigenvalue weighted by atomic mass is 9.97. The zero-order valence-electron chi connectivity index (χ0n) is 11.7. The summed E-state index contributed by atoms with van der Waals surface area (Å²) < 4.78 is 0. The highest BCUT2D eigenvalue weighted by molar-refractivity contribution is 7.11. The van der Waals surface area contributed by atoms with Crippen molar-refractivity contribution in [1.29, 1.82) is 0 Å². The van der Waals surface area contributed by atoms with Crippen molar-refractivity contribution in [2.45, 2.75) is 25.7 Å². The molecule has 1 aliphatic rings. The van der Waals surface area contributed by atoms with E-state index in [1.165, 1.54) is 17.4 Å². The van der Waals surface area contributed by atoms with Gasteiger partial charge < -0.3 is 9.88 Å². The van der Waals surface area contributed by atoms with Crippen LogP contribution >= 0.6 is 11.3 Å². The average molecular weight is 304 g/mol. The molecule has 110 valence electrons. The van der Waals surface area contributed by atoms with E-state index in [2.05, 4.69) is 15.0 Å². The van der Waals surface area contributed by atoms with Crippen LogP contribution in [-0.4, -0.2) is 38.8 Å². The lowest BCUT2D eigenvalue weighted by Gasteiger charge is -2.31. The molecule has 0 aliphatic carbocycles. The lowest BCUT2D eigenvalue weighted by molar-refractivity contribution is 0.0709. The largest absolute Gasteiger partial charge is 0.337 e. The Bertz CT molecular complexity index is 695. The summed E-state index contributed by atoms with van der Waals surface area (Å²) >= 11 is 1.35. The van der Waals surface area contributed by atoms with E-state index in [-0.39, 0.29) is 17.4 Å². The second kappa shape index (κ2) is 5.77. The van der Waals surface area contributed by atoms with Gasteiger partial charge in [-0.25, -0.2) is 4.98 Å². The molecular weight excluding hydrogens is 288 g/mol. The number of hydrogen-bond acceptors (Lipinski definition) is 5. The van der Waals surface area contributed by atoms with Gasteiger partial charge in [0, 0.05) is 30.8 Å². The number of rotatable bonds is 2. The molecule has 0 spiro atoms. The minimum absolute atomic E-state index is 0.0113. The molecule has 1 aliphatic heterocycles. The fraction of sp³-hybridized carbons (Fsp3) is 0.429. The summed E-state index contributed by atoms with van der Waals surface area (Å²) in [6, 6.07) is 1.48. The smallest absolute Gasteiger partial charge is 0.265 e. The topological polar surface area (TPSA) is 79.0 Å². The number of hydrogen-bond donors (Lipinski definition) is 1. The standard InChI is InChI=1S/C14H16N4O2S/c1-9-5-12(19)17-13(16-9)10-3-2-4-18(7-10)14(20)11-6-15-8-21-11/h5-6,8,10H,2-4,7H2,1H3,(H,16,17,19). The van der Waals surface area contributed by atoms with E-state index in [4.69, 9.17) is 0 Å². The van der Waals surface area contributed by atoms with Crippen LogP contribution in [0.25, 0.3) is 0 Å². The van der Waals surface area contributed by atoms with E-state index < -0.39 is 0 Å². The normalized spacial score (nSPS) is 18.7. The molecule has 0 radical (unpaired) electrons. The van der Waals surface area contributed by atoms with Crippen molar-refractivity contribution in [2.24, 2.45) is 0 Å². The van der Waals surface area contributed by atoms with Crippen LogP contribution in [0.1, 0.15) is 39.9 Å².